The summed E-state index contributed by atoms with van der Waals surface area (Å²) in [7, 11) is 0. The summed E-state index contributed by atoms with van der Waals surface area (Å²) >= 11 is 0. The average Bonchev–Trinajstić information content (AvgIpc) is 2.55. The molecule has 1 N–H and O–H groups in total. The fourth-order valence-electron chi connectivity index (χ4n) is 2.75. The molecular weight excluding hydrogens is 295 g/mol. The van der Waals surface area contributed by atoms with Gasteiger partial charge in [0.2, 0.25) is 5.95 Å². The molecular formula is C17H19FN4O. The predicted octanol–water partition coefficient (Wildman–Crippen LogP) is 3.23. The highest BCUT2D eigenvalue weighted by Crippen LogP contribution is 2.18. The van der Waals surface area contributed by atoms with Gasteiger partial charge in [-0.1, -0.05) is 13.0 Å². The van der Waals surface area contributed by atoms with Crippen molar-refractivity contribution in [3.05, 3.63) is 48.0 Å². The number of piperidine rings is 1. The third-order valence-electron chi connectivity index (χ3n) is 3.92. The molecule has 1 aromatic heterocycles. The van der Waals surface area contributed by atoms with Gasteiger partial charge >= 0.3 is 0 Å². The van der Waals surface area contributed by atoms with Crippen LogP contribution in [0.1, 0.15) is 30.1 Å². The van der Waals surface area contributed by atoms with Gasteiger partial charge in [-0.2, -0.15) is 0 Å². The number of likely N-dealkylation sites (tertiary alicyclic amines) is 1. The first kappa shape index (κ1) is 15.4. The fourth-order valence-corrected chi connectivity index (χ4v) is 2.75. The molecule has 1 unspecified atom stereocenters. The highest BCUT2D eigenvalue weighted by Gasteiger charge is 2.22. The van der Waals surface area contributed by atoms with Gasteiger partial charge in [0.1, 0.15) is 5.82 Å². The molecule has 2 heterocycles. The van der Waals surface area contributed by atoms with Crippen LogP contribution >= 0.6 is 0 Å². The van der Waals surface area contributed by atoms with E-state index in [9.17, 15) is 9.18 Å². The zero-order chi connectivity index (χ0) is 16.2. The van der Waals surface area contributed by atoms with Gasteiger partial charge in [-0.05, 0) is 37.0 Å². The number of anilines is 2. The SMILES string of the molecule is CC1CCCN(C(=O)c2cnc(Nc3cccc(F)c3)nc2)C1. The Labute approximate surface area is 134 Å². The number of hydrogen-bond acceptors (Lipinski definition) is 4. The Hall–Kier alpha value is -2.50. The molecule has 1 aliphatic rings. The van der Waals surface area contributed by atoms with E-state index in [0.29, 0.717) is 23.1 Å². The van der Waals surface area contributed by atoms with Crippen LogP contribution in [0.3, 0.4) is 0 Å². The van der Waals surface area contributed by atoms with Crippen molar-refractivity contribution in [3.8, 4) is 0 Å². The van der Waals surface area contributed by atoms with E-state index in [1.54, 1.807) is 12.1 Å². The summed E-state index contributed by atoms with van der Waals surface area (Å²) in [6.45, 7) is 3.72. The van der Waals surface area contributed by atoms with Crippen molar-refractivity contribution in [3.63, 3.8) is 0 Å². The molecule has 120 valence electrons. The van der Waals surface area contributed by atoms with Crippen molar-refractivity contribution in [2.45, 2.75) is 19.8 Å². The van der Waals surface area contributed by atoms with Gasteiger partial charge < -0.3 is 10.2 Å². The van der Waals surface area contributed by atoms with Gasteiger partial charge in [0.05, 0.1) is 5.56 Å². The quantitative estimate of drug-likeness (QED) is 0.945. The predicted molar refractivity (Wildman–Crippen MR) is 86.0 cm³/mol. The maximum Gasteiger partial charge on any atom is 0.257 e. The van der Waals surface area contributed by atoms with Crippen molar-refractivity contribution in [1.29, 1.82) is 0 Å². The van der Waals surface area contributed by atoms with Crippen LogP contribution in [-0.4, -0.2) is 33.9 Å². The zero-order valence-corrected chi connectivity index (χ0v) is 13.0. The standard InChI is InChI=1S/C17H19FN4O/c1-12-4-3-7-22(11-12)16(23)13-9-19-17(20-10-13)21-15-6-2-5-14(18)8-15/h2,5-6,8-10,12H,3-4,7,11H2,1H3,(H,19,20,21). The number of nitrogens with zero attached hydrogens (tertiary/aromatic N) is 3. The van der Waals surface area contributed by atoms with E-state index in [2.05, 4.69) is 22.2 Å². The van der Waals surface area contributed by atoms with E-state index in [4.69, 9.17) is 0 Å². The molecule has 1 saturated heterocycles. The maximum absolute atomic E-state index is 13.1. The lowest BCUT2D eigenvalue weighted by atomic mass is 10.00. The van der Waals surface area contributed by atoms with Crippen LogP contribution in [0, 0.1) is 11.7 Å². The lowest BCUT2D eigenvalue weighted by Gasteiger charge is -2.30. The van der Waals surface area contributed by atoms with Crippen LogP contribution < -0.4 is 5.32 Å². The Morgan fingerprint density at radius 1 is 1.35 bits per heavy atom. The van der Waals surface area contributed by atoms with Crippen LogP contribution in [0.5, 0.6) is 0 Å². The minimum atomic E-state index is -0.332. The third-order valence-corrected chi connectivity index (χ3v) is 3.92. The van der Waals surface area contributed by atoms with Gasteiger partial charge in [0.25, 0.3) is 5.91 Å². The summed E-state index contributed by atoms with van der Waals surface area (Å²) in [6, 6.07) is 6.05. The van der Waals surface area contributed by atoms with Crippen molar-refractivity contribution < 1.29 is 9.18 Å². The molecule has 1 atom stereocenters. The Morgan fingerprint density at radius 3 is 2.83 bits per heavy atom. The number of carbonyl (C=O) groups excluding carboxylic acids is 1. The molecule has 0 spiro atoms. The van der Waals surface area contributed by atoms with Gasteiger partial charge in [-0.3, -0.25) is 4.79 Å². The molecule has 23 heavy (non-hydrogen) atoms. The van der Waals surface area contributed by atoms with Gasteiger partial charge in [-0.15, -0.1) is 0 Å². The number of amides is 1. The maximum atomic E-state index is 13.1. The van der Waals surface area contributed by atoms with E-state index < -0.39 is 0 Å². The van der Waals surface area contributed by atoms with Crippen LogP contribution in [0.25, 0.3) is 0 Å². The Bertz CT molecular complexity index is 689. The molecule has 1 aliphatic heterocycles. The van der Waals surface area contributed by atoms with Crippen LogP contribution in [-0.2, 0) is 0 Å². The largest absolute Gasteiger partial charge is 0.338 e. The lowest BCUT2D eigenvalue weighted by molar-refractivity contribution is 0.0682. The average molecular weight is 314 g/mol. The second kappa shape index (κ2) is 6.73. The van der Waals surface area contributed by atoms with E-state index in [0.717, 1.165) is 25.9 Å². The van der Waals surface area contributed by atoms with Crippen LogP contribution in [0.2, 0.25) is 0 Å². The second-order valence-corrected chi connectivity index (χ2v) is 5.93. The molecule has 1 amide bonds. The van der Waals surface area contributed by atoms with Crippen LogP contribution in [0.4, 0.5) is 16.0 Å². The highest BCUT2D eigenvalue weighted by molar-refractivity contribution is 5.93. The van der Waals surface area contributed by atoms with Crippen molar-refractivity contribution in [2.24, 2.45) is 5.92 Å². The molecule has 0 bridgehead atoms. The fraction of sp³-hybridized carbons (Fsp3) is 0.353. The molecule has 6 heteroatoms. The molecule has 1 fully saturated rings. The zero-order valence-electron chi connectivity index (χ0n) is 13.0. The normalized spacial score (nSPS) is 17.8. The minimum absolute atomic E-state index is 0.0335. The van der Waals surface area contributed by atoms with Crippen molar-refractivity contribution >= 4 is 17.5 Å². The third kappa shape index (κ3) is 3.83. The monoisotopic (exact) mass is 314 g/mol. The first-order valence-electron chi connectivity index (χ1n) is 7.76. The number of hydrogen-bond donors (Lipinski definition) is 1. The van der Waals surface area contributed by atoms with E-state index in [1.165, 1.54) is 24.5 Å². The summed E-state index contributed by atoms with van der Waals surface area (Å²) in [5.74, 6) is 0.497. The second-order valence-electron chi connectivity index (χ2n) is 5.93. The van der Waals surface area contributed by atoms with E-state index in [-0.39, 0.29) is 11.7 Å². The highest BCUT2D eigenvalue weighted by atomic mass is 19.1. The summed E-state index contributed by atoms with van der Waals surface area (Å²) in [5.41, 5.74) is 1.04. The topological polar surface area (TPSA) is 58.1 Å². The Balaban J connectivity index is 1.68. The van der Waals surface area contributed by atoms with E-state index >= 15 is 0 Å². The number of halogens is 1. The number of rotatable bonds is 3. The summed E-state index contributed by atoms with van der Waals surface area (Å²) in [4.78, 5) is 22.6. The summed E-state index contributed by atoms with van der Waals surface area (Å²) in [6.07, 6.45) is 5.22. The molecule has 1 aromatic carbocycles. The van der Waals surface area contributed by atoms with Crippen molar-refractivity contribution in [2.75, 3.05) is 18.4 Å². The number of carbonyl (C=O) groups is 1. The number of benzene rings is 1. The smallest absolute Gasteiger partial charge is 0.257 e. The van der Waals surface area contributed by atoms with Gasteiger partial charge in [-0.25, -0.2) is 14.4 Å². The molecule has 3 rings (SSSR count). The Morgan fingerprint density at radius 2 is 2.13 bits per heavy atom. The summed E-state index contributed by atoms with van der Waals surface area (Å²) < 4.78 is 13.1. The molecule has 0 saturated carbocycles. The summed E-state index contributed by atoms with van der Waals surface area (Å²) in [5, 5.41) is 2.91. The van der Waals surface area contributed by atoms with Crippen molar-refractivity contribution in [1.82, 2.24) is 14.9 Å². The van der Waals surface area contributed by atoms with Gasteiger partial charge in [0.15, 0.2) is 0 Å². The first-order chi connectivity index (χ1) is 11.1. The minimum Gasteiger partial charge on any atom is -0.338 e. The lowest BCUT2D eigenvalue weighted by Crippen LogP contribution is -2.39. The number of nitrogens with one attached hydrogen (secondary N) is 1. The van der Waals surface area contributed by atoms with Gasteiger partial charge in [0, 0.05) is 31.2 Å². The first-order valence-corrected chi connectivity index (χ1v) is 7.76. The molecule has 2 aromatic rings. The Kier molecular flexibility index (Phi) is 4.50. The molecule has 0 radical (unpaired) electrons. The molecule has 5 nitrogen and oxygen atoms in total. The molecule has 0 aliphatic carbocycles. The van der Waals surface area contributed by atoms with Crippen LogP contribution in [0.15, 0.2) is 36.7 Å². The number of aromatic nitrogens is 2. The van der Waals surface area contributed by atoms with E-state index in [1.807, 2.05) is 4.90 Å².